The molecule has 2 aliphatic rings. The van der Waals surface area contributed by atoms with Crippen molar-refractivity contribution < 1.29 is 14.3 Å². The zero-order valence-electron chi connectivity index (χ0n) is 9.47. The summed E-state index contributed by atoms with van der Waals surface area (Å²) in [6, 6.07) is 0. The summed E-state index contributed by atoms with van der Waals surface area (Å²) in [5.41, 5.74) is 1.95. The van der Waals surface area contributed by atoms with Crippen LogP contribution >= 0.6 is 0 Å². The SMILES string of the molecule is CCC(=O)C1=C(C)C2(CCC1)OCCO2. The van der Waals surface area contributed by atoms with Gasteiger partial charge in [-0.05, 0) is 30.9 Å². The van der Waals surface area contributed by atoms with Crippen molar-refractivity contribution in [3.05, 3.63) is 11.1 Å². The van der Waals surface area contributed by atoms with Crippen molar-refractivity contribution >= 4 is 5.78 Å². The molecule has 1 fully saturated rings. The fraction of sp³-hybridized carbons (Fsp3) is 0.750. The Bertz CT molecular complexity index is 298. The molecule has 0 N–H and O–H groups in total. The summed E-state index contributed by atoms with van der Waals surface area (Å²) in [5, 5.41) is 0. The Morgan fingerprint density at radius 2 is 2.07 bits per heavy atom. The van der Waals surface area contributed by atoms with Gasteiger partial charge in [-0.25, -0.2) is 0 Å². The molecular weight excluding hydrogens is 192 g/mol. The van der Waals surface area contributed by atoms with Crippen molar-refractivity contribution in [1.82, 2.24) is 0 Å². The summed E-state index contributed by atoms with van der Waals surface area (Å²) >= 11 is 0. The van der Waals surface area contributed by atoms with E-state index in [2.05, 4.69) is 0 Å². The van der Waals surface area contributed by atoms with E-state index < -0.39 is 5.79 Å². The summed E-state index contributed by atoms with van der Waals surface area (Å²) in [6.45, 7) is 5.17. The lowest BCUT2D eigenvalue weighted by molar-refractivity contribution is -0.138. The fourth-order valence-electron chi connectivity index (χ4n) is 2.48. The van der Waals surface area contributed by atoms with Crippen molar-refractivity contribution in [3.8, 4) is 0 Å². The number of ketones is 1. The van der Waals surface area contributed by atoms with Gasteiger partial charge < -0.3 is 9.47 Å². The Labute approximate surface area is 90.4 Å². The molecule has 1 spiro atoms. The van der Waals surface area contributed by atoms with E-state index in [0.717, 1.165) is 30.4 Å². The van der Waals surface area contributed by atoms with Crippen molar-refractivity contribution in [1.29, 1.82) is 0 Å². The maximum atomic E-state index is 11.7. The van der Waals surface area contributed by atoms with Gasteiger partial charge in [0.2, 0.25) is 0 Å². The normalized spacial score (nSPS) is 24.9. The third-order valence-corrected chi connectivity index (χ3v) is 3.37. The van der Waals surface area contributed by atoms with Crippen LogP contribution in [0.15, 0.2) is 11.1 Å². The Kier molecular flexibility index (Phi) is 2.94. The van der Waals surface area contributed by atoms with Crippen LogP contribution in [0.1, 0.15) is 39.5 Å². The van der Waals surface area contributed by atoms with Crippen LogP contribution in [0.2, 0.25) is 0 Å². The van der Waals surface area contributed by atoms with Gasteiger partial charge in [0.05, 0.1) is 13.2 Å². The second kappa shape index (κ2) is 4.06. The summed E-state index contributed by atoms with van der Waals surface area (Å²) in [4.78, 5) is 11.7. The lowest BCUT2D eigenvalue weighted by atomic mass is 9.85. The number of Topliss-reactive ketones (excluding diaryl/α,β-unsaturated/α-hetero) is 1. The number of allylic oxidation sites excluding steroid dienone is 1. The maximum Gasteiger partial charge on any atom is 0.191 e. The number of rotatable bonds is 2. The first kappa shape index (κ1) is 10.8. The minimum Gasteiger partial charge on any atom is -0.344 e. The molecule has 1 heterocycles. The molecule has 0 aromatic rings. The van der Waals surface area contributed by atoms with E-state index in [1.54, 1.807) is 0 Å². The highest BCUT2D eigenvalue weighted by Gasteiger charge is 2.42. The zero-order valence-corrected chi connectivity index (χ0v) is 9.47. The van der Waals surface area contributed by atoms with Gasteiger partial charge in [-0.1, -0.05) is 6.92 Å². The molecule has 0 radical (unpaired) electrons. The molecule has 3 nitrogen and oxygen atoms in total. The first-order valence-electron chi connectivity index (χ1n) is 5.71. The number of carbonyl (C=O) groups is 1. The van der Waals surface area contributed by atoms with E-state index in [1.807, 2.05) is 13.8 Å². The second-order valence-electron chi connectivity index (χ2n) is 4.18. The Hall–Kier alpha value is -0.670. The lowest BCUT2D eigenvalue weighted by Gasteiger charge is -2.34. The van der Waals surface area contributed by atoms with Crippen molar-refractivity contribution in [2.75, 3.05) is 13.2 Å². The number of carbonyl (C=O) groups excluding carboxylic acids is 1. The van der Waals surface area contributed by atoms with Crippen molar-refractivity contribution in [2.45, 2.75) is 45.3 Å². The maximum absolute atomic E-state index is 11.7. The highest BCUT2D eigenvalue weighted by atomic mass is 16.7. The average Bonchev–Trinajstić information content (AvgIpc) is 2.71. The molecule has 3 heteroatoms. The summed E-state index contributed by atoms with van der Waals surface area (Å²) in [6.07, 6.45) is 3.33. The lowest BCUT2D eigenvalue weighted by Crippen LogP contribution is -2.36. The van der Waals surface area contributed by atoms with E-state index >= 15 is 0 Å². The Morgan fingerprint density at radius 3 is 2.67 bits per heavy atom. The number of hydrogen-bond acceptors (Lipinski definition) is 3. The highest BCUT2D eigenvalue weighted by molar-refractivity contribution is 5.96. The summed E-state index contributed by atoms with van der Waals surface area (Å²) in [5.74, 6) is -0.316. The molecule has 2 rings (SSSR count). The van der Waals surface area contributed by atoms with E-state index in [-0.39, 0.29) is 5.78 Å². The van der Waals surface area contributed by atoms with Gasteiger partial charge in [0.15, 0.2) is 11.6 Å². The van der Waals surface area contributed by atoms with Crippen molar-refractivity contribution in [2.24, 2.45) is 0 Å². The molecule has 0 amide bonds. The number of hydrogen-bond donors (Lipinski definition) is 0. The predicted octanol–water partition coefficient (Wildman–Crippen LogP) is 2.21. The van der Waals surface area contributed by atoms with E-state index in [1.165, 1.54) is 0 Å². The van der Waals surface area contributed by atoms with Gasteiger partial charge in [0.1, 0.15) is 0 Å². The monoisotopic (exact) mass is 210 g/mol. The minimum absolute atomic E-state index is 0.241. The molecule has 84 valence electrons. The third-order valence-electron chi connectivity index (χ3n) is 3.37. The first-order valence-corrected chi connectivity index (χ1v) is 5.71. The minimum atomic E-state index is -0.557. The molecule has 0 aromatic heterocycles. The van der Waals surface area contributed by atoms with Crippen LogP contribution in [0.25, 0.3) is 0 Å². The molecule has 1 aliphatic carbocycles. The largest absolute Gasteiger partial charge is 0.344 e. The zero-order chi connectivity index (χ0) is 10.9. The topological polar surface area (TPSA) is 35.5 Å². The molecule has 0 bridgehead atoms. The highest BCUT2D eigenvalue weighted by Crippen LogP contribution is 2.40. The van der Waals surface area contributed by atoms with Gasteiger partial charge in [-0.3, -0.25) is 4.79 Å². The smallest absolute Gasteiger partial charge is 0.191 e. The number of ether oxygens (including phenoxy) is 2. The summed E-state index contributed by atoms with van der Waals surface area (Å²) in [7, 11) is 0. The molecule has 0 aromatic carbocycles. The standard InChI is InChI=1S/C12H18O3/c1-3-11(13)10-5-4-6-12(9(10)2)14-7-8-15-12/h3-8H2,1-2H3. The predicted molar refractivity (Wildman–Crippen MR) is 56.5 cm³/mol. The van der Waals surface area contributed by atoms with Gasteiger partial charge in [-0.2, -0.15) is 0 Å². The van der Waals surface area contributed by atoms with Crippen LogP contribution in [0.4, 0.5) is 0 Å². The van der Waals surface area contributed by atoms with Crippen LogP contribution in [-0.4, -0.2) is 24.8 Å². The molecule has 0 unspecified atom stereocenters. The molecule has 15 heavy (non-hydrogen) atoms. The van der Waals surface area contributed by atoms with Crippen LogP contribution in [0.5, 0.6) is 0 Å². The third kappa shape index (κ3) is 1.74. The summed E-state index contributed by atoms with van der Waals surface area (Å²) < 4.78 is 11.4. The quantitative estimate of drug-likeness (QED) is 0.701. The van der Waals surface area contributed by atoms with E-state index in [4.69, 9.17) is 9.47 Å². The molecule has 0 atom stereocenters. The Balaban J connectivity index is 2.32. The van der Waals surface area contributed by atoms with Crippen LogP contribution in [-0.2, 0) is 14.3 Å². The molecule has 1 saturated heterocycles. The van der Waals surface area contributed by atoms with Crippen LogP contribution < -0.4 is 0 Å². The van der Waals surface area contributed by atoms with E-state index in [0.29, 0.717) is 19.6 Å². The molecular formula is C12H18O3. The average molecular weight is 210 g/mol. The van der Waals surface area contributed by atoms with Crippen LogP contribution in [0.3, 0.4) is 0 Å². The van der Waals surface area contributed by atoms with Gasteiger partial charge in [-0.15, -0.1) is 0 Å². The van der Waals surface area contributed by atoms with E-state index in [9.17, 15) is 4.79 Å². The second-order valence-corrected chi connectivity index (χ2v) is 4.18. The van der Waals surface area contributed by atoms with Crippen molar-refractivity contribution in [3.63, 3.8) is 0 Å². The van der Waals surface area contributed by atoms with Gasteiger partial charge >= 0.3 is 0 Å². The van der Waals surface area contributed by atoms with Crippen LogP contribution in [0, 0.1) is 0 Å². The van der Waals surface area contributed by atoms with Gasteiger partial charge in [0, 0.05) is 12.8 Å². The van der Waals surface area contributed by atoms with Gasteiger partial charge in [0.25, 0.3) is 0 Å². The Morgan fingerprint density at radius 1 is 1.40 bits per heavy atom. The fourth-order valence-corrected chi connectivity index (χ4v) is 2.48. The molecule has 0 saturated carbocycles. The molecule has 1 aliphatic heterocycles. The first-order chi connectivity index (χ1) is 7.19.